The van der Waals surface area contributed by atoms with Crippen molar-refractivity contribution in [1.29, 1.82) is 0 Å². The van der Waals surface area contributed by atoms with Crippen LogP contribution in [0.3, 0.4) is 0 Å². The zero-order valence-corrected chi connectivity index (χ0v) is 27.7. The molecule has 0 amide bonds. The molecule has 0 aliphatic carbocycles. The van der Waals surface area contributed by atoms with Gasteiger partial charge in [-0.3, -0.25) is 0 Å². The van der Waals surface area contributed by atoms with Crippen molar-refractivity contribution >= 4 is 23.9 Å². The average molecular weight is 789 g/mol. The van der Waals surface area contributed by atoms with Gasteiger partial charge in [0.1, 0.15) is 12.7 Å². The van der Waals surface area contributed by atoms with Crippen LogP contribution in [0, 0.1) is 0 Å². The van der Waals surface area contributed by atoms with Crippen LogP contribution in [0.1, 0.15) is 41.4 Å². The SMILES string of the molecule is O=C(OC[C@H]1O[C@H](O)[C@@H](OC(=O)c2cc(O)c(O)c(O)c2)[C@@H](OC(=O)c2cc(O)c(O)c(O)c2)[C@@H]1OC(=O)c1cc(O)c(O)c(O)c1)c1cc(O)c(O)c(O)c1. The number of phenols is 12. The zero-order chi connectivity index (χ0) is 41.3. The Balaban J connectivity index is 1.57. The molecule has 4 aromatic carbocycles. The fourth-order valence-corrected chi connectivity index (χ4v) is 5.14. The number of hydrogen-bond acceptors (Lipinski definition) is 22. The van der Waals surface area contributed by atoms with Gasteiger partial charge in [-0.1, -0.05) is 0 Å². The molecule has 22 nitrogen and oxygen atoms in total. The lowest BCUT2D eigenvalue weighted by Gasteiger charge is -2.42. The van der Waals surface area contributed by atoms with E-state index < -0.39 is 152 Å². The van der Waals surface area contributed by atoms with Gasteiger partial charge in [-0.05, 0) is 48.5 Å². The summed E-state index contributed by atoms with van der Waals surface area (Å²) < 4.78 is 26.8. The Morgan fingerprint density at radius 3 is 1.02 bits per heavy atom. The summed E-state index contributed by atoms with van der Waals surface area (Å²) in [6, 6.07) is 4.99. The molecule has 13 N–H and O–H groups in total. The number of rotatable bonds is 9. The van der Waals surface area contributed by atoms with Crippen LogP contribution in [0.25, 0.3) is 0 Å². The molecular weight excluding hydrogens is 760 g/mol. The molecule has 0 radical (unpaired) electrons. The van der Waals surface area contributed by atoms with E-state index in [9.17, 15) is 85.6 Å². The largest absolute Gasteiger partial charge is 0.504 e. The summed E-state index contributed by atoms with van der Waals surface area (Å²) in [7, 11) is 0. The lowest BCUT2D eigenvalue weighted by Crippen LogP contribution is -2.62. The first-order valence-corrected chi connectivity index (χ1v) is 15.4. The number of esters is 4. The fraction of sp³-hybridized carbons (Fsp3) is 0.176. The minimum Gasteiger partial charge on any atom is -0.504 e. The van der Waals surface area contributed by atoms with Crippen LogP contribution in [0.15, 0.2) is 48.5 Å². The number of aromatic hydroxyl groups is 12. The van der Waals surface area contributed by atoms with Crippen molar-refractivity contribution in [3.8, 4) is 69.0 Å². The van der Waals surface area contributed by atoms with E-state index in [1.54, 1.807) is 0 Å². The van der Waals surface area contributed by atoms with Gasteiger partial charge in [-0.15, -0.1) is 0 Å². The van der Waals surface area contributed by atoms with E-state index in [1.807, 2.05) is 0 Å². The first-order valence-electron chi connectivity index (χ1n) is 15.4. The Kier molecular flexibility index (Phi) is 10.8. The van der Waals surface area contributed by atoms with Crippen LogP contribution >= 0.6 is 0 Å². The van der Waals surface area contributed by atoms with Crippen molar-refractivity contribution in [1.82, 2.24) is 0 Å². The predicted octanol–water partition coefficient (Wildman–Crippen LogP) is 0.705. The van der Waals surface area contributed by atoms with Crippen LogP contribution in [-0.4, -0.2) is 128 Å². The summed E-state index contributed by atoms with van der Waals surface area (Å²) in [6.45, 7) is -1.09. The van der Waals surface area contributed by atoms with E-state index in [4.69, 9.17) is 23.7 Å². The van der Waals surface area contributed by atoms with Crippen LogP contribution < -0.4 is 0 Å². The van der Waals surface area contributed by atoms with Gasteiger partial charge < -0.3 is 90.1 Å². The number of benzene rings is 4. The zero-order valence-electron chi connectivity index (χ0n) is 27.7. The number of phenolic OH excluding ortho intramolecular Hbond substituents is 12. The van der Waals surface area contributed by atoms with Crippen molar-refractivity contribution in [2.24, 2.45) is 0 Å². The second-order valence-corrected chi connectivity index (χ2v) is 11.7. The first kappa shape index (κ1) is 39.5. The topological polar surface area (TPSA) is 377 Å². The average Bonchev–Trinajstić information content (AvgIpc) is 3.14. The van der Waals surface area contributed by atoms with Gasteiger partial charge in [0.05, 0.1) is 22.3 Å². The van der Waals surface area contributed by atoms with Crippen LogP contribution in [0.5, 0.6) is 69.0 Å². The van der Waals surface area contributed by atoms with Crippen molar-refractivity contribution in [3.05, 3.63) is 70.8 Å². The maximum Gasteiger partial charge on any atom is 0.339 e. The quantitative estimate of drug-likeness (QED) is 0.0630. The van der Waals surface area contributed by atoms with E-state index in [-0.39, 0.29) is 0 Å². The molecule has 1 fully saturated rings. The Morgan fingerprint density at radius 1 is 0.429 bits per heavy atom. The highest BCUT2D eigenvalue weighted by atomic mass is 16.7. The molecular formula is C34H28O22. The van der Waals surface area contributed by atoms with Gasteiger partial charge >= 0.3 is 23.9 Å². The number of carbonyl (C=O) groups excluding carboxylic acids is 4. The summed E-state index contributed by atoms with van der Waals surface area (Å²) in [5.41, 5.74) is -2.68. The molecule has 1 saturated heterocycles. The van der Waals surface area contributed by atoms with Crippen molar-refractivity contribution in [2.75, 3.05) is 6.61 Å². The Labute approximate surface area is 310 Å². The van der Waals surface area contributed by atoms with E-state index in [0.29, 0.717) is 48.5 Å². The normalized spacial score (nSPS) is 19.1. The lowest BCUT2D eigenvalue weighted by molar-refractivity contribution is -0.284. The maximum absolute atomic E-state index is 13.5. The van der Waals surface area contributed by atoms with E-state index >= 15 is 0 Å². The molecule has 56 heavy (non-hydrogen) atoms. The van der Waals surface area contributed by atoms with Gasteiger partial charge in [-0.2, -0.15) is 0 Å². The lowest BCUT2D eigenvalue weighted by atomic mass is 9.97. The van der Waals surface area contributed by atoms with E-state index in [2.05, 4.69) is 0 Å². The van der Waals surface area contributed by atoms with Gasteiger partial charge in [0.15, 0.2) is 93.6 Å². The molecule has 1 aliphatic heterocycles. The molecule has 0 bridgehead atoms. The van der Waals surface area contributed by atoms with Crippen molar-refractivity contribution in [3.63, 3.8) is 0 Å². The molecule has 296 valence electrons. The van der Waals surface area contributed by atoms with Gasteiger partial charge in [0.25, 0.3) is 0 Å². The summed E-state index contributed by atoms with van der Waals surface area (Å²) in [6.07, 6.45) is -11.2. The molecule has 1 heterocycles. The predicted molar refractivity (Wildman–Crippen MR) is 175 cm³/mol. The first-order chi connectivity index (χ1) is 26.3. The third-order valence-electron chi connectivity index (χ3n) is 7.94. The third-order valence-corrected chi connectivity index (χ3v) is 7.94. The number of ether oxygens (including phenoxy) is 5. The van der Waals surface area contributed by atoms with Gasteiger partial charge in [0.2, 0.25) is 0 Å². The number of carbonyl (C=O) groups is 4. The third kappa shape index (κ3) is 7.95. The second-order valence-electron chi connectivity index (χ2n) is 11.7. The molecule has 0 spiro atoms. The van der Waals surface area contributed by atoms with Gasteiger partial charge in [0, 0.05) is 0 Å². The molecule has 0 unspecified atom stereocenters. The number of hydrogen-bond donors (Lipinski definition) is 13. The highest BCUT2D eigenvalue weighted by molar-refractivity contribution is 5.93. The summed E-state index contributed by atoms with van der Waals surface area (Å²) in [5.74, 6) is -18.2. The van der Waals surface area contributed by atoms with Crippen molar-refractivity contribution < 1.29 is 109 Å². The van der Waals surface area contributed by atoms with E-state index in [0.717, 1.165) is 0 Å². The van der Waals surface area contributed by atoms with E-state index in [1.165, 1.54) is 0 Å². The second kappa shape index (κ2) is 15.3. The summed E-state index contributed by atoms with van der Waals surface area (Å²) in [5, 5.41) is 129. The highest BCUT2D eigenvalue weighted by Crippen LogP contribution is 2.40. The van der Waals surface area contributed by atoms with Crippen LogP contribution in [0.2, 0.25) is 0 Å². The standard InChI is InChI=1S/C34H28O22/c35-14-1-10(2-15(36)23(14)43)30(47)52-9-22-27(54-31(48)11-3-16(37)24(44)17(38)4-11)28(55-32(49)12-5-18(39)25(45)19(40)6-12)29(34(51)53-22)56-33(50)13-7-20(41)26(46)21(42)8-13/h1-8,22,27-29,34-46,51H,9H2/t22-,27-,28+,29+,34+/m1/s1. The maximum atomic E-state index is 13.5. The molecule has 4 aromatic rings. The van der Waals surface area contributed by atoms with Crippen molar-refractivity contribution in [2.45, 2.75) is 30.7 Å². The Morgan fingerprint density at radius 2 is 0.696 bits per heavy atom. The molecule has 5 rings (SSSR count). The monoisotopic (exact) mass is 788 g/mol. The molecule has 1 aliphatic rings. The van der Waals surface area contributed by atoms with Crippen LogP contribution in [-0.2, 0) is 23.7 Å². The minimum absolute atomic E-state index is 0.570. The molecule has 22 heteroatoms. The fourth-order valence-electron chi connectivity index (χ4n) is 5.14. The number of aliphatic hydroxyl groups excluding tert-OH is 1. The van der Waals surface area contributed by atoms with Gasteiger partial charge in [-0.25, -0.2) is 19.2 Å². The molecule has 0 aromatic heterocycles. The van der Waals surface area contributed by atoms with Crippen LogP contribution in [0.4, 0.5) is 0 Å². The molecule has 5 atom stereocenters. The summed E-state index contributed by atoms with van der Waals surface area (Å²) >= 11 is 0. The number of aliphatic hydroxyl groups is 1. The molecule has 0 saturated carbocycles. The minimum atomic E-state index is -2.43. The Hall–Kier alpha value is -7.72. The smallest absolute Gasteiger partial charge is 0.339 e. The Bertz CT molecular complexity index is 2140. The summed E-state index contributed by atoms with van der Waals surface area (Å²) in [4.78, 5) is 53.1. The highest BCUT2D eigenvalue weighted by Gasteiger charge is 2.53.